The van der Waals surface area contributed by atoms with Gasteiger partial charge in [-0.25, -0.2) is 4.79 Å². The van der Waals surface area contributed by atoms with Crippen molar-refractivity contribution in [1.82, 2.24) is 5.32 Å². The zero-order valence-corrected chi connectivity index (χ0v) is 17.6. The van der Waals surface area contributed by atoms with Crippen LogP contribution in [0.25, 0.3) is 6.08 Å². The number of nitrogens with one attached hydrogen (secondary N) is 1. The molecule has 0 spiro atoms. The zero-order valence-electron chi connectivity index (χ0n) is 14.7. The van der Waals surface area contributed by atoms with Crippen LogP contribution in [0.1, 0.15) is 11.1 Å². The first-order valence-corrected chi connectivity index (χ1v) is 9.27. The van der Waals surface area contributed by atoms with Crippen molar-refractivity contribution in [3.8, 4) is 17.6 Å². The summed E-state index contributed by atoms with van der Waals surface area (Å²) in [6.07, 6.45) is 1.32. The van der Waals surface area contributed by atoms with Crippen LogP contribution in [0, 0.1) is 14.9 Å². The van der Waals surface area contributed by atoms with Crippen LogP contribution in [0.3, 0.4) is 0 Å². The summed E-state index contributed by atoms with van der Waals surface area (Å²) < 4.78 is 11.9. The minimum Gasteiger partial charge on any atom is -0.493 e. The third-order valence-corrected chi connectivity index (χ3v) is 4.66. The van der Waals surface area contributed by atoms with Gasteiger partial charge in [-0.05, 0) is 52.4 Å². The summed E-state index contributed by atoms with van der Waals surface area (Å²) in [7, 11) is 1.48. The highest BCUT2D eigenvalue weighted by atomic mass is 127. The fraction of sp³-hybridized carbons (Fsp3) is 0.105. The number of imide groups is 1. The van der Waals surface area contributed by atoms with Crippen molar-refractivity contribution in [2.24, 2.45) is 5.73 Å². The molecule has 3 amide bonds. The lowest BCUT2D eigenvalue weighted by Crippen LogP contribution is -2.35. The SMILES string of the molecule is COc1cc(/C=C(/C#N)C(=O)NC(N)=O)cc(I)c1OCc1ccccc1Cl. The van der Waals surface area contributed by atoms with Crippen molar-refractivity contribution in [1.29, 1.82) is 5.26 Å². The maximum Gasteiger partial charge on any atom is 0.319 e. The van der Waals surface area contributed by atoms with Crippen LogP contribution >= 0.6 is 34.2 Å². The van der Waals surface area contributed by atoms with E-state index in [0.717, 1.165) is 5.56 Å². The molecule has 3 N–H and O–H groups in total. The van der Waals surface area contributed by atoms with Crippen molar-refractivity contribution in [2.45, 2.75) is 6.61 Å². The topological polar surface area (TPSA) is 114 Å². The fourth-order valence-corrected chi connectivity index (χ4v) is 3.19. The predicted molar refractivity (Wildman–Crippen MR) is 113 cm³/mol. The molecule has 0 unspecified atom stereocenters. The first kappa shape index (κ1) is 21.5. The fourth-order valence-electron chi connectivity index (χ4n) is 2.22. The van der Waals surface area contributed by atoms with Crippen molar-refractivity contribution < 1.29 is 19.1 Å². The van der Waals surface area contributed by atoms with E-state index in [-0.39, 0.29) is 12.2 Å². The quantitative estimate of drug-likeness (QED) is 0.349. The van der Waals surface area contributed by atoms with E-state index in [9.17, 15) is 9.59 Å². The number of nitrogens with zero attached hydrogens (tertiary/aromatic N) is 1. The Balaban J connectivity index is 2.31. The first-order valence-electron chi connectivity index (χ1n) is 7.82. The molecule has 7 nitrogen and oxygen atoms in total. The number of primary amides is 1. The normalized spacial score (nSPS) is 10.7. The maximum atomic E-state index is 11.8. The van der Waals surface area contributed by atoms with E-state index in [2.05, 4.69) is 22.6 Å². The summed E-state index contributed by atoms with van der Waals surface area (Å²) in [4.78, 5) is 22.6. The molecule has 0 heterocycles. The lowest BCUT2D eigenvalue weighted by molar-refractivity contribution is -0.115. The number of halogens is 2. The second-order valence-corrected chi connectivity index (χ2v) is 6.97. The first-order chi connectivity index (χ1) is 13.3. The molecule has 0 radical (unpaired) electrons. The second kappa shape index (κ2) is 9.96. The highest BCUT2D eigenvalue weighted by Gasteiger charge is 2.15. The zero-order chi connectivity index (χ0) is 20.7. The smallest absolute Gasteiger partial charge is 0.319 e. The number of nitrogens with two attached hydrogens (primary N) is 1. The van der Waals surface area contributed by atoms with E-state index < -0.39 is 11.9 Å². The van der Waals surface area contributed by atoms with Crippen molar-refractivity contribution in [3.63, 3.8) is 0 Å². The number of carbonyl (C=O) groups excluding carboxylic acids is 2. The lowest BCUT2D eigenvalue weighted by Gasteiger charge is -2.14. The Morgan fingerprint density at radius 2 is 2.07 bits per heavy atom. The molecule has 0 aliphatic carbocycles. The molecule has 144 valence electrons. The minimum absolute atomic E-state index is 0.242. The standard InChI is InChI=1S/C19H15ClIN3O4/c1-27-16-8-11(6-13(9-22)18(25)24-19(23)26)7-15(21)17(16)28-10-12-4-2-3-5-14(12)20/h2-8H,10H2,1H3,(H3,23,24,25,26)/b13-6-. The van der Waals surface area contributed by atoms with Crippen LogP contribution in [0.4, 0.5) is 4.79 Å². The molecule has 2 aromatic rings. The van der Waals surface area contributed by atoms with Crippen molar-refractivity contribution in [2.75, 3.05) is 7.11 Å². The summed E-state index contributed by atoms with van der Waals surface area (Å²) in [6, 6.07) is 11.3. The van der Waals surface area contributed by atoms with Crippen molar-refractivity contribution >= 4 is 52.2 Å². The number of hydrogen-bond acceptors (Lipinski definition) is 5. The second-order valence-electron chi connectivity index (χ2n) is 5.40. The van der Waals surface area contributed by atoms with Gasteiger partial charge in [-0.15, -0.1) is 0 Å². The Morgan fingerprint density at radius 3 is 2.68 bits per heavy atom. The Bertz CT molecular complexity index is 986. The third kappa shape index (κ3) is 5.61. The Labute approximate surface area is 180 Å². The third-order valence-electron chi connectivity index (χ3n) is 3.49. The van der Waals surface area contributed by atoms with E-state index >= 15 is 0 Å². The van der Waals surface area contributed by atoms with Crippen LogP contribution in [-0.4, -0.2) is 19.0 Å². The molecule has 0 fully saturated rings. The number of carbonyl (C=O) groups is 2. The molecular formula is C19H15ClIN3O4. The molecule has 0 atom stereocenters. The van der Waals surface area contributed by atoms with Gasteiger partial charge in [0, 0.05) is 10.6 Å². The lowest BCUT2D eigenvalue weighted by atomic mass is 10.1. The van der Waals surface area contributed by atoms with Crippen LogP contribution in [-0.2, 0) is 11.4 Å². The van der Waals surface area contributed by atoms with Gasteiger partial charge in [-0.3, -0.25) is 10.1 Å². The molecular weight excluding hydrogens is 497 g/mol. The highest BCUT2D eigenvalue weighted by Crippen LogP contribution is 2.35. The van der Waals surface area contributed by atoms with E-state index in [4.69, 9.17) is 32.1 Å². The summed E-state index contributed by atoms with van der Waals surface area (Å²) in [5, 5.41) is 11.6. The van der Waals surface area contributed by atoms with Gasteiger partial charge < -0.3 is 15.2 Å². The average molecular weight is 512 g/mol. The molecule has 0 aliphatic rings. The largest absolute Gasteiger partial charge is 0.493 e. The van der Waals surface area contributed by atoms with Gasteiger partial charge in [-0.2, -0.15) is 5.26 Å². The minimum atomic E-state index is -1.04. The molecule has 0 saturated heterocycles. The van der Waals surface area contributed by atoms with E-state index in [0.29, 0.717) is 25.7 Å². The summed E-state index contributed by atoms with van der Waals surface area (Å²) in [5.74, 6) is 0.0288. The van der Waals surface area contributed by atoms with Crippen LogP contribution < -0.4 is 20.5 Å². The summed E-state index contributed by atoms with van der Waals surface area (Å²) in [6.45, 7) is 0.242. The van der Waals surface area contributed by atoms with E-state index in [1.54, 1.807) is 24.3 Å². The number of nitriles is 1. The molecule has 2 aromatic carbocycles. The van der Waals surface area contributed by atoms with Gasteiger partial charge in [0.15, 0.2) is 11.5 Å². The number of rotatable bonds is 6. The molecule has 28 heavy (non-hydrogen) atoms. The number of amides is 3. The molecule has 0 saturated carbocycles. The van der Waals surface area contributed by atoms with Gasteiger partial charge in [0.2, 0.25) is 0 Å². The van der Waals surface area contributed by atoms with Crippen LogP contribution in [0.15, 0.2) is 42.0 Å². The van der Waals surface area contributed by atoms with E-state index in [1.165, 1.54) is 13.2 Å². The molecule has 9 heteroatoms. The van der Waals surface area contributed by atoms with Gasteiger partial charge in [-0.1, -0.05) is 29.8 Å². The number of ether oxygens (including phenoxy) is 2. The Hall–Kier alpha value is -2.77. The summed E-state index contributed by atoms with van der Waals surface area (Å²) >= 11 is 8.20. The highest BCUT2D eigenvalue weighted by molar-refractivity contribution is 14.1. The van der Waals surface area contributed by atoms with Gasteiger partial charge in [0.05, 0.1) is 10.7 Å². The molecule has 0 aromatic heterocycles. The average Bonchev–Trinajstić information content (AvgIpc) is 2.65. The predicted octanol–water partition coefficient (Wildman–Crippen LogP) is 3.63. The summed E-state index contributed by atoms with van der Waals surface area (Å²) in [5.41, 5.74) is 5.97. The number of benzene rings is 2. The number of urea groups is 1. The van der Waals surface area contributed by atoms with Gasteiger partial charge >= 0.3 is 6.03 Å². The van der Waals surface area contributed by atoms with Crippen molar-refractivity contribution in [3.05, 3.63) is 61.7 Å². The van der Waals surface area contributed by atoms with Gasteiger partial charge in [0.1, 0.15) is 18.2 Å². The van der Waals surface area contributed by atoms with E-state index in [1.807, 2.05) is 23.5 Å². The Kier molecular flexibility index (Phi) is 7.66. The van der Waals surface area contributed by atoms with Gasteiger partial charge in [0.25, 0.3) is 5.91 Å². The molecule has 0 bridgehead atoms. The molecule has 0 aliphatic heterocycles. The van der Waals surface area contributed by atoms with Crippen LogP contribution in [0.2, 0.25) is 5.02 Å². The maximum absolute atomic E-state index is 11.8. The Morgan fingerprint density at radius 1 is 1.36 bits per heavy atom. The number of methoxy groups -OCH3 is 1. The molecule has 2 rings (SSSR count). The number of hydrogen-bond donors (Lipinski definition) is 2. The monoisotopic (exact) mass is 511 g/mol. The van der Waals surface area contributed by atoms with Crippen LogP contribution in [0.5, 0.6) is 11.5 Å².